The predicted octanol–water partition coefficient (Wildman–Crippen LogP) is 3.46. The lowest BCUT2D eigenvalue weighted by atomic mass is 10.0. The summed E-state index contributed by atoms with van der Waals surface area (Å²) in [7, 11) is -3.72. The number of carbonyl (C=O) groups excluding carboxylic acids is 2. The molecule has 1 saturated heterocycles. The number of nitrogens with zero attached hydrogens (tertiary/aromatic N) is 2. The van der Waals surface area contributed by atoms with E-state index in [0.717, 1.165) is 23.5 Å². The van der Waals surface area contributed by atoms with Gasteiger partial charge in [-0.05, 0) is 55.7 Å². The number of primary amides is 1. The molecule has 3 N–H and O–H groups in total. The molecule has 9 nitrogen and oxygen atoms in total. The maximum Gasteiger partial charge on any atom is 0.256 e. The molecule has 3 aromatic rings. The number of hydrogen-bond donors (Lipinski definition) is 2. The average molecular weight is 569 g/mol. The highest BCUT2D eigenvalue weighted by Crippen LogP contribution is 2.37. The van der Waals surface area contributed by atoms with Gasteiger partial charge in [0.1, 0.15) is 5.00 Å². The summed E-state index contributed by atoms with van der Waals surface area (Å²) in [6.07, 6.45) is 0.267. The van der Waals surface area contributed by atoms with Crippen LogP contribution < -0.4 is 11.1 Å². The van der Waals surface area contributed by atoms with Gasteiger partial charge in [-0.25, -0.2) is 8.42 Å². The SMILES string of the molecule is CC1CN(S(=O)(=O)c2ccc(C(=O)Nc3sc4c(c3C(N)=O)CCN(Cc3ccccc3)C4)cc2)CC(C)O1. The lowest BCUT2D eigenvalue weighted by Crippen LogP contribution is -2.48. The van der Waals surface area contributed by atoms with Gasteiger partial charge < -0.3 is 15.8 Å². The molecular weight excluding hydrogens is 536 g/mol. The van der Waals surface area contributed by atoms with Crippen molar-refractivity contribution in [3.63, 3.8) is 0 Å². The van der Waals surface area contributed by atoms with Crippen LogP contribution in [0.5, 0.6) is 0 Å². The highest BCUT2D eigenvalue weighted by molar-refractivity contribution is 7.89. The van der Waals surface area contributed by atoms with Crippen molar-refractivity contribution in [2.45, 2.75) is 50.5 Å². The molecule has 0 saturated carbocycles. The van der Waals surface area contributed by atoms with E-state index in [-0.39, 0.29) is 35.8 Å². The number of benzene rings is 2. The molecule has 2 aliphatic rings. The molecule has 2 unspecified atom stereocenters. The third-order valence-corrected chi connectivity index (χ3v) is 9.98. The number of hydrogen-bond acceptors (Lipinski definition) is 7. The van der Waals surface area contributed by atoms with Crippen molar-refractivity contribution in [1.82, 2.24) is 9.21 Å². The second kappa shape index (κ2) is 11.2. The monoisotopic (exact) mass is 568 g/mol. The minimum Gasteiger partial charge on any atom is -0.373 e. The zero-order chi connectivity index (χ0) is 27.7. The summed E-state index contributed by atoms with van der Waals surface area (Å²) >= 11 is 1.37. The first kappa shape index (κ1) is 27.5. The van der Waals surface area contributed by atoms with Crippen LogP contribution >= 0.6 is 11.3 Å². The fourth-order valence-electron chi connectivity index (χ4n) is 5.21. The summed E-state index contributed by atoms with van der Waals surface area (Å²) in [5.74, 6) is -1.01. The van der Waals surface area contributed by atoms with Crippen molar-refractivity contribution in [3.8, 4) is 0 Å². The maximum absolute atomic E-state index is 13.1. The Labute approximate surface area is 232 Å². The first-order valence-electron chi connectivity index (χ1n) is 12.9. The summed E-state index contributed by atoms with van der Waals surface area (Å²) in [6.45, 7) is 6.47. The number of sulfonamides is 1. The molecule has 0 aliphatic carbocycles. The number of nitrogens with one attached hydrogen (secondary N) is 1. The number of ether oxygens (including phenoxy) is 1. The van der Waals surface area contributed by atoms with Crippen LogP contribution in [-0.4, -0.2) is 61.3 Å². The molecule has 39 heavy (non-hydrogen) atoms. The number of fused-ring (bicyclic) bond motifs is 1. The van der Waals surface area contributed by atoms with Gasteiger partial charge in [0.2, 0.25) is 10.0 Å². The smallest absolute Gasteiger partial charge is 0.256 e. The molecule has 1 fully saturated rings. The average Bonchev–Trinajstić information content (AvgIpc) is 3.26. The number of amides is 2. The molecule has 3 heterocycles. The van der Waals surface area contributed by atoms with E-state index in [1.807, 2.05) is 32.0 Å². The number of carbonyl (C=O) groups is 2. The number of thiophene rings is 1. The Balaban J connectivity index is 1.31. The Kier molecular flexibility index (Phi) is 7.88. The molecular formula is C28H32N4O5S2. The molecule has 2 aromatic carbocycles. The largest absolute Gasteiger partial charge is 0.373 e. The summed E-state index contributed by atoms with van der Waals surface area (Å²) < 4.78 is 33.3. The highest BCUT2D eigenvalue weighted by Gasteiger charge is 2.32. The third kappa shape index (κ3) is 5.92. The van der Waals surface area contributed by atoms with Crippen LogP contribution in [0.15, 0.2) is 59.5 Å². The van der Waals surface area contributed by atoms with Crippen molar-refractivity contribution in [2.75, 3.05) is 25.0 Å². The number of nitrogens with two attached hydrogens (primary N) is 1. The molecule has 1 aromatic heterocycles. The van der Waals surface area contributed by atoms with E-state index in [2.05, 4.69) is 22.3 Å². The van der Waals surface area contributed by atoms with Gasteiger partial charge in [0.05, 0.1) is 22.7 Å². The van der Waals surface area contributed by atoms with E-state index >= 15 is 0 Å². The van der Waals surface area contributed by atoms with Crippen molar-refractivity contribution in [2.24, 2.45) is 5.73 Å². The molecule has 11 heteroatoms. The second-order valence-electron chi connectivity index (χ2n) is 10.1. The van der Waals surface area contributed by atoms with Crippen molar-refractivity contribution in [3.05, 3.63) is 81.7 Å². The van der Waals surface area contributed by atoms with Crippen molar-refractivity contribution < 1.29 is 22.7 Å². The fraction of sp³-hybridized carbons (Fsp3) is 0.357. The Morgan fingerprint density at radius 1 is 1.05 bits per heavy atom. The molecule has 0 bridgehead atoms. The van der Waals surface area contributed by atoms with Gasteiger partial charge in [0.15, 0.2) is 0 Å². The summed E-state index contributed by atoms with van der Waals surface area (Å²) in [4.78, 5) is 28.9. The first-order valence-corrected chi connectivity index (χ1v) is 15.1. The first-order chi connectivity index (χ1) is 18.6. The molecule has 0 radical (unpaired) electrons. The zero-order valence-electron chi connectivity index (χ0n) is 21.9. The number of morpholine rings is 1. The van der Waals surface area contributed by atoms with E-state index in [1.54, 1.807) is 0 Å². The van der Waals surface area contributed by atoms with E-state index in [1.165, 1.54) is 45.5 Å². The van der Waals surface area contributed by atoms with E-state index in [9.17, 15) is 18.0 Å². The van der Waals surface area contributed by atoms with Gasteiger partial charge in [0, 0.05) is 43.2 Å². The van der Waals surface area contributed by atoms with Gasteiger partial charge in [-0.2, -0.15) is 4.31 Å². The van der Waals surface area contributed by atoms with Gasteiger partial charge in [-0.3, -0.25) is 14.5 Å². The van der Waals surface area contributed by atoms with Crippen LogP contribution in [0.25, 0.3) is 0 Å². The second-order valence-corrected chi connectivity index (χ2v) is 13.1. The van der Waals surface area contributed by atoms with Crippen molar-refractivity contribution in [1.29, 1.82) is 0 Å². The molecule has 0 spiro atoms. The van der Waals surface area contributed by atoms with Crippen LogP contribution in [0, 0.1) is 0 Å². The topological polar surface area (TPSA) is 122 Å². The maximum atomic E-state index is 13.1. The van der Waals surface area contributed by atoms with Crippen LogP contribution in [0.2, 0.25) is 0 Å². The van der Waals surface area contributed by atoms with E-state index in [0.29, 0.717) is 23.5 Å². The Hall–Kier alpha value is -3.09. The summed E-state index contributed by atoms with van der Waals surface area (Å²) in [5, 5.41) is 3.27. The van der Waals surface area contributed by atoms with E-state index in [4.69, 9.17) is 10.5 Å². The minimum absolute atomic E-state index is 0.114. The standard InChI is InChI=1S/C28H32N4O5S2/c1-18-14-32(15-19(2)37-18)39(35,36)22-10-8-21(9-11-22)27(34)30-28-25(26(29)33)23-12-13-31(17-24(23)38-28)16-20-6-4-3-5-7-20/h3-11,18-19H,12-17H2,1-2H3,(H2,29,33)(H,30,34). The molecule has 206 valence electrons. The van der Waals surface area contributed by atoms with Gasteiger partial charge in [0.25, 0.3) is 11.8 Å². The van der Waals surface area contributed by atoms with Gasteiger partial charge in [-0.1, -0.05) is 30.3 Å². The Morgan fingerprint density at radius 3 is 2.36 bits per heavy atom. The Bertz CT molecular complexity index is 1460. The van der Waals surface area contributed by atoms with Gasteiger partial charge in [-0.15, -0.1) is 11.3 Å². The molecule has 2 amide bonds. The van der Waals surface area contributed by atoms with Crippen molar-refractivity contribution >= 4 is 38.2 Å². The lowest BCUT2D eigenvalue weighted by molar-refractivity contribution is -0.0440. The molecule has 5 rings (SSSR count). The molecule has 2 aliphatic heterocycles. The highest BCUT2D eigenvalue weighted by atomic mass is 32.2. The number of anilines is 1. The van der Waals surface area contributed by atoms with Gasteiger partial charge >= 0.3 is 0 Å². The third-order valence-electron chi connectivity index (χ3n) is 7.00. The van der Waals surface area contributed by atoms with Crippen LogP contribution in [0.4, 0.5) is 5.00 Å². The summed E-state index contributed by atoms with van der Waals surface area (Å²) in [6, 6.07) is 16.0. The predicted molar refractivity (Wildman–Crippen MR) is 150 cm³/mol. The summed E-state index contributed by atoms with van der Waals surface area (Å²) in [5.41, 5.74) is 8.48. The van der Waals surface area contributed by atoms with Crippen LogP contribution in [0.3, 0.4) is 0 Å². The van der Waals surface area contributed by atoms with Crippen LogP contribution in [-0.2, 0) is 34.3 Å². The lowest BCUT2D eigenvalue weighted by Gasteiger charge is -2.34. The molecule has 2 atom stereocenters. The zero-order valence-corrected chi connectivity index (χ0v) is 23.6. The quantitative estimate of drug-likeness (QED) is 0.450. The fourth-order valence-corrected chi connectivity index (χ4v) is 8.09. The number of rotatable bonds is 7. The van der Waals surface area contributed by atoms with E-state index < -0.39 is 21.8 Å². The normalized spacial score (nSPS) is 20.4. The Morgan fingerprint density at radius 2 is 1.72 bits per heavy atom. The van der Waals surface area contributed by atoms with Crippen LogP contribution in [0.1, 0.15) is 50.6 Å². The minimum atomic E-state index is -3.72.